The summed E-state index contributed by atoms with van der Waals surface area (Å²) in [6.45, 7) is 2.17. The Hall–Kier alpha value is -3.01. The average Bonchev–Trinajstić information content (AvgIpc) is 3.68. The minimum Gasteiger partial charge on any atom is -0.497 e. The molecule has 40 heavy (non-hydrogen) atoms. The predicted molar refractivity (Wildman–Crippen MR) is 145 cm³/mol. The Kier molecular flexibility index (Phi) is 8.73. The van der Waals surface area contributed by atoms with Crippen molar-refractivity contribution in [1.82, 2.24) is 9.88 Å². The van der Waals surface area contributed by atoms with Crippen LogP contribution in [0.5, 0.6) is 11.6 Å². The van der Waals surface area contributed by atoms with Gasteiger partial charge < -0.3 is 19.5 Å². The second-order valence-electron chi connectivity index (χ2n) is 11.5. The molecular weight excluding hydrogens is 523 g/mol. The lowest BCUT2D eigenvalue weighted by molar-refractivity contribution is -0.143. The second kappa shape index (κ2) is 12.2. The number of nitrogens with zero attached hydrogens (tertiary/aromatic N) is 3. The van der Waals surface area contributed by atoms with Crippen LogP contribution in [0.2, 0.25) is 0 Å². The number of pyridine rings is 1. The molecule has 0 radical (unpaired) electrons. The third-order valence-electron chi connectivity index (χ3n) is 8.55. The summed E-state index contributed by atoms with van der Waals surface area (Å²) in [7, 11) is 1.63. The molecule has 3 aliphatic rings. The molecule has 3 heterocycles. The lowest BCUT2D eigenvalue weighted by atomic mass is 9.92. The first-order valence-electron chi connectivity index (χ1n) is 14.2. The summed E-state index contributed by atoms with van der Waals surface area (Å²) < 4.78 is 50.4. The lowest BCUT2D eigenvalue weighted by Gasteiger charge is -2.35. The van der Waals surface area contributed by atoms with Gasteiger partial charge in [0.05, 0.1) is 26.7 Å². The van der Waals surface area contributed by atoms with Crippen molar-refractivity contribution < 1.29 is 32.5 Å². The maximum atomic E-state index is 12.9. The van der Waals surface area contributed by atoms with Crippen LogP contribution in [0.1, 0.15) is 61.5 Å². The van der Waals surface area contributed by atoms with Gasteiger partial charge in [-0.15, -0.1) is 0 Å². The number of piperidine rings is 1. The van der Waals surface area contributed by atoms with Crippen molar-refractivity contribution in [3.63, 3.8) is 0 Å². The normalized spacial score (nSPS) is 21.4. The number of carbonyl (C=O) groups is 1. The first-order valence-corrected chi connectivity index (χ1v) is 14.2. The molecule has 1 aromatic heterocycles. The van der Waals surface area contributed by atoms with Gasteiger partial charge in [-0.25, -0.2) is 4.98 Å². The van der Waals surface area contributed by atoms with Crippen molar-refractivity contribution in [2.45, 2.75) is 56.5 Å². The van der Waals surface area contributed by atoms with Crippen molar-refractivity contribution in [3.8, 4) is 11.6 Å². The first-order chi connectivity index (χ1) is 19.2. The summed E-state index contributed by atoms with van der Waals surface area (Å²) in [5, 5.41) is 9.33. The van der Waals surface area contributed by atoms with Gasteiger partial charge in [-0.2, -0.15) is 13.2 Å². The number of ether oxygens (including phenoxy) is 2. The Bertz CT molecular complexity index is 1170. The van der Waals surface area contributed by atoms with E-state index >= 15 is 0 Å². The van der Waals surface area contributed by atoms with Crippen LogP contribution < -0.4 is 14.4 Å². The number of aromatic nitrogens is 1. The van der Waals surface area contributed by atoms with Crippen LogP contribution in [0, 0.1) is 11.8 Å². The van der Waals surface area contributed by atoms with Crippen LogP contribution in [0.15, 0.2) is 36.5 Å². The topological polar surface area (TPSA) is 75.1 Å². The van der Waals surface area contributed by atoms with E-state index in [4.69, 9.17) is 9.47 Å². The number of methoxy groups -OCH3 is 1. The van der Waals surface area contributed by atoms with Crippen molar-refractivity contribution >= 4 is 11.7 Å². The fraction of sp³-hybridized carbons (Fsp3) is 0.600. The molecule has 0 bridgehead atoms. The largest absolute Gasteiger partial charge is 0.497 e. The number of likely N-dealkylation sites (tertiary alicyclic amines) is 1. The monoisotopic (exact) mass is 561 g/mol. The fourth-order valence-electron chi connectivity index (χ4n) is 6.27. The zero-order valence-corrected chi connectivity index (χ0v) is 22.9. The van der Waals surface area contributed by atoms with Gasteiger partial charge >= 0.3 is 12.1 Å². The smallest absolute Gasteiger partial charge is 0.401 e. The third kappa shape index (κ3) is 7.38. The van der Waals surface area contributed by atoms with Gasteiger partial charge in [-0.3, -0.25) is 9.69 Å². The molecule has 1 saturated carbocycles. The zero-order valence-electron chi connectivity index (χ0n) is 22.9. The van der Waals surface area contributed by atoms with Gasteiger partial charge in [0, 0.05) is 43.7 Å². The number of rotatable bonds is 11. The summed E-state index contributed by atoms with van der Waals surface area (Å²) >= 11 is 0. The number of anilines is 1. The zero-order chi connectivity index (χ0) is 28.3. The maximum Gasteiger partial charge on any atom is 0.401 e. The average molecular weight is 562 g/mol. The van der Waals surface area contributed by atoms with Crippen LogP contribution in [-0.2, 0) is 4.79 Å². The predicted octanol–water partition coefficient (Wildman–Crippen LogP) is 5.71. The SMILES string of the molecule is COc1ccc(C2CCN(CC(F)(F)F)C2)c(N2CCC(COc3cc(C(CC(=O)O)C4CC4)ccn3)CC2)c1. The first kappa shape index (κ1) is 28.5. The number of carboxylic acids is 1. The van der Waals surface area contributed by atoms with Crippen LogP contribution >= 0.6 is 0 Å². The number of benzene rings is 1. The molecule has 2 aromatic rings. The molecule has 218 valence electrons. The third-order valence-corrected chi connectivity index (χ3v) is 8.55. The van der Waals surface area contributed by atoms with Gasteiger partial charge in [0.2, 0.25) is 5.88 Å². The molecule has 2 unspecified atom stereocenters. The molecule has 5 rings (SSSR count). The van der Waals surface area contributed by atoms with Gasteiger partial charge in [0.15, 0.2) is 0 Å². The van der Waals surface area contributed by atoms with E-state index in [1.165, 1.54) is 4.90 Å². The highest BCUT2D eigenvalue weighted by Crippen LogP contribution is 2.45. The van der Waals surface area contributed by atoms with Gasteiger partial charge in [-0.1, -0.05) is 6.07 Å². The Labute approximate surface area is 233 Å². The highest BCUT2D eigenvalue weighted by atomic mass is 19.4. The molecule has 0 amide bonds. The summed E-state index contributed by atoms with van der Waals surface area (Å²) in [5.74, 6) is 1.33. The molecular formula is C30H38F3N3O4. The molecule has 7 nitrogen and oxygen atoms in total. The lowest BCUT2D eigenvalue weighted by Crippen LogP contribution is -2.36. The van der Waals surface area contributed by atoms with E-state index in [-0.39, 0.29) is 18.3 Å². The summed E-state index contributed by atoms with van der Waals surface area (Å²) in [6.07, 6.45) is 2.33. The van der Waals surface area contributed by atoms with E-state index in [1.807, 2.05) is 30.3 Å². The minimum atomic E-state index is -4.18. The van der Waals surface area contributed by atoms with E-state index in [1.54, 1.807) is 13.3 Å². The summed E-state index contributed by atoms with van der Waals surface area (Å²) in [6, 6.07) is 9.73. The number of alkyl halides is 3. The van der Waals surface area contributed by atoms with E-state index < -0.39 is 18.7 Å². The molecule has 1 aliphatic carbocycles. The van der Waals surface area contributed by atoms with E-state index in [0.717, 1.165) is 61.3 Å². The highest BCUT2D eigenvalue weighted by Gasteiger charge is 2.36. The van der Waals surface area contributed by atoms with Crippen LogP contribution in [0.4, 0.5) is 18.9 Å². The number of hydrogen-bond acceptors (Lipinski definition) is 6. The Morgan fingerprint density at radius 3 is 2.55 bits per heavy atom. The number of halogens is 3. The van der Waals surface area contributed by atoms with Crippen molar-refractivity contribution in [2.24, 2.45) is 11.8 Å². The van der Waals surface area contributed by atoms with Crippen molar-refractivity contribution in [1.29, 1.82) is 0 Å². The van der Waals surface area contributed by atoms with Crippen LogP contribution in [0.3, 0.4) is 0 Å². The van der Waals surface area contributed by atoms with E-state index in [9.17, 15) is 23.1 Å². The van der Waals surface area contributed by atoms with Gasteiger partial charge in [-0.05, 0) is 85.6 Å². The summed E-state index contributed by atoms with van der Waals surface area (Å²) in [4.78, 5) is 19.5. The maximum absolute atomic E-state index is 12.9. The minimum absolute atomic E-state index is 0.00329. The Morgan fingerprint density at radius 1 is 1.10 bits per heavy atom. The Balaban J connectivity index is 1.18. The molecule has 2 atom stereocenters. The molecule has 2 aliphatic heterocycles. The van der Waals surface area contributed by atoms with E-state index in [2.05, 4.69) is 9.88 Å². The molecule has 1 aromatic carbocycles. The molecule has 2 saturated heterocycles. The fourth-order valence-corrected chi connectivity index (χ4v) is 6.27. The number of aliphatic carboxylic acids is 1. The van der Waals surface area contributed by atoms with Crippen molar-refractivity contribution in [3.05, 3.63) is 47.7 Å². The molecule has 1 N–H and O–H groups in total. The second-order valence-corrected chi connectivity index (χ2v) is 11.5. The quantitative estimate of drug-likeness (QED) is 0.377. The standard InChI is InChI=1S/C30H38F3N3O4/c1-39-24-4-5-25(23-9-11-35(17-23)19-30(31,32)33)27(15-24)36-12-7-20(8-13-36)18-40-28-14-22(6-10-34-28)26(16-29(37)38)21-2-3-21/h4-6,10,14-15,20-21,23,26H,2-3,7-9,11-13,16-19H2,1H3,(H,37,38). The van der Waals surface area contributed by atoms with E-state index in [0.29, 0.717) is 43.8 Å². The molecule has 0 spiro atoms. The molecule has 10 heteroatoms. The summed E-state index contributed by atoms with van der Waals surface area (Å²) in [5.41, 5.74) is 3.13. The van der Waals surface area contributed by atoms with Crippen LogP contribution in [-0.4, -0.2) is 73.6 Å². The number of hydrogen-bond donors (Lipinski definition) is 1. The van der Waals surface area contributed by atoms with Gasteiger partial charge in [0.25, 0.3) is 0 Å². The van der Waals surface area contributed by atoms with Crippen molar-refractivity contribution in [2.75, 3.05) is 51.3 Å². The molecule has 3 fully saturated rings. The Morgan fingerprint density at radius 2 is 1.88 bits per heavy atom. The highest BCUT2D eigenvalue weighted by molar-refractivity contribution is 5.68. The van der Waals surface area contributed by atoms with Gasteiger partial charge in [0.1, 0.15) is 5.75 Å². The van der Waals surface area contributed by atoms with Crippen LogP contribution in [0.25, 0.3) is 0 Å². The number of carboxylic acid groups (broad SMARTS) is 1.